The minimum Gasteiger partial charge on any atom is -0.478 e. The number of likely N-dealkylation sites (N-methyl/N-ethyl adjacent to an activating group) is 1. The third-order valence-electron chi connectivity index (χ3n) is 3.79. The predicted octanol–water partition coefficient (Wildman–Crippen LogP) is 1.42. The molecule has 1 aromatic rings. The number of carboxylic acid groups (broad SMARTS) is 1. The zero-order chi connectivity index (χ0) is 14.0. The molecule has 5 nitrogen and oxygen atoms in total. The van der Waals surface area contributed by atoms with E-state index in [0.29, 0.717) is 5.69 Å². The van der Waals surface area contributed by atoms with E-state index in [2.05, 4.69) is 16.7 Å². The number of carboxylic acids is 1. The molecule has 1 saturated heterocycles. The Morgan fingerprint density at radius 3 is 2.47 bits per heavy atom. The van der Waals surface area contributed by atoms with Gasteiger partial charge in [0.05, 0.1) is 5.56 Å². The Labute approximate surface area is 113 Å². The highest BCUT2D eigenvalue weighted by molar-refractivity contribution is 5.95. The number of nitrogen functional groups attached to an aromatic ring is 1. The third kappa shape index (κ3) is 2.81. The van der Waals surface area contributed by atoms with Crippen molar-refractivity contribution in [3.63, 3.8) is 0 Å². The van der Waals surface area contributed by atoms with Crippen molar-refractivity contribution in [3.8, 4) is 0 Å². The Hall–Kier alpha value is -1.75. The highest BCUT2D eigenvalue weighted by Crippen LogP contribution is 2.26. The van der Waals surface area contributed by atoms with Crippen LogP contribution in [0.2, 0.25) is 0 Å². The lowest BCUT2D eigenvalue weighted by molar-refractivity contribution is 0.0698. The summed E-state index contributed by atoms with van der Waals surface area (Å²) in [6.07, 6.45) is 0. The van der Waals surface area contributed by atoms with Crippen molar-refractivity contribution >= 4 is 17.3 Å². The molecule has 0 saturated carbocycles. The maximum absolute atomic E-state index is 11.2. The molecule has 0 unspecified atom stereocenters. The Morgan fingerprint density at radius 2 is 1.95 bits per heavy atom. The highest BCUT2D eigenvalue weighted by Gasteiger charge is 2.19. The molecule has 0 atom stereocenters. The third-order valence-corrected chi connectivity index (χ3v) is 3.79. The zero-order valence-electron chi connectivity index (χ0n) is 11.5. The van der Waals surface area contributed by atoms with Gasteiger partial charge in [-0.2, -0.15) is 0 Å². The fourth-order valence-electron chi connectivity index (χ4n) is 2.46. The van der Waals surface area contributed by atoms with Crippen LogP contribution in [0.15, 0.2) is 12.1 Å². The van der Waals surface area contributed by atoms with Gasteiger partial charge in [0.2, 0.25) is 0 Å². The molecule has 1 aliphatic heterocycles. The minimum atomic E-state index is -0.963. The molecular weight excluding hydrogens is 242 g/mol. The lowest BCUT2D eigenvalue weighted by Crippen LogP contribution is -2.46. The Kier molecular flexibility index (Phi) is 3.95. The van der Waals surface area contributed by atoms with E-state index >= 15 is 0 Å². The van der Waals surface area contributed by atoms with Crippen molar-refractivity contribution in [2.45, 2.75) is 13.8 Å². The molecule has 104 valence electrons. The average Bonchev–Trinajstić information content (AvgIpc) is 2.41. The molecule has 5 heteroatoms. The number of nitrogens with two attached hydrogens (primary N) is 1. The Bertz CT molecular complexity index is 480. The number of hydrogen-bond donors (Lipinski definition) is 2. The molecule has 0 amide bonds. The van der Waals surface area contributed by atoms with E-state index in [-0.39, 0.29) is 5.56 Å². The van der Waals surface area contributed by atoms with E-state index in [4.69, 9.17) is 5.73 Å². The standard InChI is InChI=1S/C14H21N3O2/c1-3-16-4-6-17(7-5-16)11-8-10(2)13(15)12(9-11)14(18)19/h8-9H,3-7,15H2,1-2H3,(H,18,19). The molecule has 1 heterocycles. The summed E-state index contributed by atoms with van der Waals surface area (Å²) in [5, 5.41) is 9.19. The number of rotatable bonds is 3. The fourth-order valence-corrected chi connectivity index (χ4v) is 2.46. The normalized spacial score (nSPS) is 16.6. The van der Waals surface area contributed by atoms with Crippen LogP contribution in [0.3, 0.4) is 0 Å². The second-order valence-electron chi connectivity index (χ2n) is 4.95. The second-order valence-corrected chi connectivity index (χ2v) is 4.95. The van der Waals surface area contributed by atoms with Gasteiger partial charge in [0, 0.05) is 37.6 Å². The highest BCUT2D eigenvalue weighted by atomic mass is 16.4. The topological polar surface area (TPSA) is 69.8 Å². The van der Waals surface area contributed by atoms with Gasteiger partial charge in [0.25, 0.3) is 0 Å². The zero-order valence-corrected chi connectivity index (χ0v) is 11.5. The molecule has 0 spiro atoms. The van der Waals surface area contributed by atoms with Crippen LogP contribution < -0.4 is 10.6 Å². The Morgan fingerprint density at radius 1 is 1.32 bits per heavy atom. The minimum absolute atomic E-state index is 0.202. The van der Waals surface area contributed by atoms with E-state index < -0.39 is 5.97 Å². The molecule has 1 aliphatic rings. The molecule has 0 radical (unpaired) electrons. The van der Waals surface area contributed by atoms with Crippen LogP contribution in [0.1, 0.15) is 22.8 Å². The summed E-state index contributed by atoms with van der Waals surface area (Å²) < 4.78 is 0. The number of nitrogens with zero attached hydrogens (tertiary/aromatic N) is 2. The van der Waals surface area contributed by atoms with Gasteiger partial charge in [-0.3, -0.25) is 0 Å². The van der Waals surface area contributed by atoms with Crippen LogP contribution in [0.5, 0.6) is 0 Å². The SMILES string of the molecule is CCN1CCN(c2cc(C)c(N)c(C(=O)O)c2)CC1. The van der Waals surface area contributed by atoms with E-state index in [1.807, 2.05) is 13.0 Å². The van der Waals surface area contributed by atoms with Crippen LogP contribution in [0.4, 0.5) is 11.4 Å². The maximum atomic E-state index is 11.2. The number of carbonyl (C=O) groups is 1. The fraction of sp³-hybridized carbons (Fsp3) is 0.500. The van der Waals surface area contributed by atoms with Gasteiger partial charge in [-0.15, -0.1) is 0 Å². The van der Waals surface area contributed by atoms with Crippen molar-refractivity contribution in [1.29, 1.82) is 0 Å². The van der Waals surface area contributed by atoms with Crippen molar-refractivity contribution in [2.24, 2.45) is 0 Å². The van der Waals surface area contributed by atoms with Crippen LogP contribution in [0, 0.1) is 6.92 Å². The summed E-state index contributed by atoms with van der Waals surface area (Å²) in [5.41, 5.74) is 8.17. The van der Waals surface area contributed by atoms with Gasteiger partial charge in [-0.05, 0) is 31.2 Å². The number of aromatic carboxylic acids is 1. The van der Waals surface area contributed by atoms with E-state index in [9.17, 15) is 9.90 Å². The summed E-state index contributed by atoms with van der Waals surface area (Å²) in [4.78, 5) is 15.8. The largest absolute Gasteiger partial charge is 0.478 e. The number of anilines is 2. The molecule has 1 aromatic carbocycles. The van der Waals surface area contributed by atoms with Crippen molar-refractivity contribution in [2.75, 3.05) is 43.4 Å². The van der Waals surface area contributed by atoms with E-state index in [0.717, 1.165) is 44.0 Å². The maximum Gasteiger partial charge on any atom is 0.337 e. The summed E-state index contributed by atoms with van der Waals surface area (Å²) in [6, 6.07) is 3.66. The first-order chi connectivity index (χ1) is 9.02. The van der Waals surface area contributed by atoms with Gasteiger partial charge in [0.15, 0.2) is 0 Å². The van der Waals surface area contributed by atoms with Crippen LogP contribution in [-0.2, 0) is 0 Å². The van der Waals surface area contributed by atoms with Crippen molar-refractivity contribution < 1.29 is 9.90 Å². The van der Waals surface area contributed by atoms with Gasteiger partial charge in [-0.1, -0.05) is 6.92 Å². The second kappa shape index (κ2) is 5.48. The number of hydrogen-bond acceptors (Lipinski definition) is 4. The smallest absolute Gasteiger partial charge is 0.337 e. The number of benzene rings is 1. The molecule has 0 aromatic heterocycles. The van der Waals surface area contributed by atoms with Crippen molar-refractivity contribution in [3.05, 3.63) is 23.3 Å². The van der Waals surface area contributed by atoms with Crippen LogP contribution in [0.25, 0.3) is 0 Å². The molecule has 0 aliphatic carbocycles. The molecule has 0 bridgehead atoms. The van der Waals surface area contributed by atoms with Crippen LogP contribution in [-0.4, -0.2) is 48.7 Å². The van der Waals surface area contributed by atoms with Crippen molar-refractivity contribution in [1.82, 2.24) is 4.90 Å². The van der Waals surface area contributed by atoms with Gasteiger partial charge < -0.3 is 20.6 Å². The van der Waals surface area contributed by atoms with E-state index in [1.54, 1.807) is 6.07 Å². The first kappa shape index (κ1) is 13.7. The summed E-state index contributed by atoms with van der Waals surface area (Å²) in [6.45, 7) is 8.96. The lowest BCUT2D eigenvalue weighted by Gasteiger charge is -2.35. The monoisotopic (exact) mass is 263 g/mol. The number of aryl methyl sites for hydroxylation is 1. The lowest BCUT2D eigenvalue weighted by atomic mass is 10.1. The summed E-state index contributed by atoms with van der Waals surface area (Å²) in [7, 11) is 0. The van der Waals surface area contributed by atoms with Gasteiger partial charge in [0.1, 0.15) is 0 Å². The number of piperazine rings is 1. The summed E-state index contributed by atoms with van der Waals surface area (Å²) >= 11 is 0. The van der Waals surface area contributed by atoms with E-state index in [1.165, 1.54) is 0 Å². The summed E-state index contributed by atoms with van der Waals surface area (Å²) in [5.74, 6) is -0.963. The van der Waals surface area contributed by atoms with Gasteiger partial charge in [-0.25, -0.2) is 4.79 Å². The van der Waals surface area contributed by atoms with Gasteiger partial charge >= 0.3 is 5.97 Å². The first-order valence-corrected chi connectivity index (χ1v) is 6.63. The Balaban J connectivity index is 2.24. The molecular formula is C14H21N3O2. The quantitative estimate of drug-likeness (QED) is 0.807. The predicted molar refractivity (Wildman–Crippen MR) is 76.9 cm³/mol. The molecule has 3 N–H and O–H groups in total. The first-order valence-electron chi connectivity index (χ1n) is 6.63. The molecule has 2 rings (SSSR count). The molecule has 1 fully saturated rings. The average molecular weight is 263 g/mol. The van der Waals surface area contributed by atoms with Crippen LogP contribution >= 0.6 is 0 Å². The molecule has 19 heavy (non-hydrogen) atoms.